The summed E-state index contributed by atoms with van der Waals surface area (Å²) in [6, 6.07) is 29.2. The Morgan fingerprint density at radius 2 is 1.57 bits per heavy atom. The van der Waals surface area contributed by atoms with Crippen LogP contribution < -0.4 is 22.1 Å². The Morgan fingerprint density at radius 1 is 0.795 bits per heavy atom. The van der Waals surface area contributed by atoms with Gasteiger partial charge < -0.3 is 27.1 Å². The molecule has 0 saturated carbocycles. The lowest BCUT2D eigenvalue weighted by molar-refractivity contribution is -0.115. The molecule has 6 aromatic rings. The second-order valence-electron chi connectivity index (χ2n) is 10.4. The summed E-state index contributed by atoms with van der Waals surface area (Å²) in [5.74, 6) is -1.59. The minimum Gasteiger partial charge on any atom is -0.366 e. The Balaban J connectivity index is 1.41. The van der Waals surface area contributed by atoms with Crippen molar-refractivity contribution in [1.82, 2.24) is 4.98 Å². The molecule has 3 amide bonds. The largest absolute Gasteiger partial charge is 0.366 e. The van der Waals surface area contributed by atoms with E-state index >= 15 is 0 Å². The van der Waals surface area contributed by atoms with Crippen molar-refractivity contribution in [2.75, 3.05) is 10.6 Å². The topological polar surface area (TPSA) is 143 Å². The Labute approximate surface area is 251 Å². The summed E-state index contributed by atoms with van der Waals surface area (Å²) in [6.07, 6.45) is 0.234. The van der Waals surface area contributed by atoms with Crippen LogP contribution in [-0.2, 0) is 17.8 Å². The van der Waals surface area contributed by atoms with Gasteiger partial charge in [-0.3, -0.25) is 14.4 Å². The van der Waals surface area contributed by atoms with Crippen molar-refractivity contribution in [3.05, 3.63) is 131 Å². The van der Waals surface area contributed by atoms with Gasteiger partial charge in [0.15, 0.2) is 0 Å². The molecule has 1 heterocycles. The lowest BCUT2D eigenvalue weighted by Crippen LogP contribution is -2.15. The fraction of sp³-hybridized carbons (Fsp3) is 0.0571. The van der Waals surface area contributed by atoms with E-state index in [4.69, 9.17) is 11.5 Å². The first-order valence-electron chi connectivity index (χ1n) is 13.9. The van der Waals surface area contributed by atoms with Gasteiger partial charge in [-0.1, -0.05) is 54.6 Å². The number of rotatable bonds is 8. The highest BCUT2D eigenvalue weighted by molar-refractivity contribution is 6.20. The first-order chi connectivity index (χ1) is 21.3. The molecule has 1 aromatic heterocycles. The zero-order chi connectivity index (χ0) is 30.8. The molecule has 0 fully saturated rings. The third kappa shape index (κ3) is 5.51. The number of aromatic nitrogens is 1. The number of hydrogen-bond donors (Lipinski definition) is 5. The van der Waals surface area contributed by atoms with E-state index in [2.05, 4.69) is 15.6 Å². The Kier molecular flexibility index (Phi) is 7.61. The number of primary amides is 1. The van der Waals surface area contributed by atoms with E-state index in [-0.39, 0.29) is 18.9 Å². The molecule has 0 bridgehead atoms. The maximum absolute atomic E-state index is 13.4. The molecule has 218 valence electrons. The van der Waals surface area contributed by atoms with Crippen LogP contribution in [0.15, 0.2) is 103 Å². The van der Waals surface area contributed by atoms with Gasteiger partial charge in [-0.15, -0.1) is 0 Å². The lowest BCUT2D eigenvalue weighted by atomic mass is 9.92. The van der Waals surface area contributed by atoms with Crippen molar-refractivity contribution >= 4 is 50.9 Å². The molecule has 0 atom stereocenters. The molecule has 44 heavy (non-hydrogen) atoms. The van der Waals surface area contributed by atoms with Gasteiger partial charge >= 0.3 is 0 Å². The summed E-state index contributed by atoms with van der Waals surface area (Å²) < 4.78 is 13.4. The predicted molar refractivity (Wildman–Crippen MR) is 171 cm³/mol. The molecule has 0 saturated heterocycles. The van der Waals surface area contributed by atoms with E-state index in [1.807, 2.05) is 60.7 Å². The van der Waals surface area contributed by atoms with Gasteiger partial charge in [-0.25, -0.2) is 4.39 Å². The van der Waals surface area contributed by atoms with Gasteiger partial charge in [0.25, 0.3) is 11.8 Å². The zero-order valence-corrected chi connectivity index (χ0v) is 23.5. The summed E-state index contributed by atoms with van der Waals surface area (Å²) in [5, 5.41) is 7.39. The number of amides is 3. The maximum atomic E-state index is 13.4. The molecule has 5 aromatic carbocycles. The monoisotopic (exact) mass is 585 g/mol. The van der Waals surface area contributed by atoms with Crippen molar-refractivity contribution in [2.24, 2.45) is 11.5 Å². The summed E-state index contributed by atoms with van der Waals surface area (Å²) in [7, 11) is 0. The minimum atomic E-state index is -0.594. The third-order valence-corrected chi connectivity index (χ3v) is 7.54. The summed E-state index contributed by atoms with van der Waals surface area (Å²) in [4.78, 5) is 41.4. The van der Waals surface area contributed by atoms with Gasteiger partial charge in [0.2, 0.25) is 5.91 Å². The van der Waals surface area contributed by atoms with E-state index in [0.29, 0.717) is 39.1 Å². The number of fused-ring (bicyclic) bond motifs is 3. The molecule has 6 rings (SSSR count). The minimum absolute atomic E-state index is 0.105. The van der Waals surface area contributed by atoms with Crippen LogP contribution in [0.3, 0.4) is 0 Å². The van der Waals surface area contributed by atoms with Crippen LogP contribution in [0.1, 0.15) is 31.8 Å². The number of carbonyl (C=O) groups excluding carboxylic acids is 3. The number of hydrogen-bond acceptors (Lipinski definition) is 4. The van der Waals surface area contributed by atoms with Crippen molar-refractivity contribution < 1.29 is 18.8 Å². The fourth-order valence-corrected chi connectivity index (χ4v) is 5.48. The normalized spacial score (nSPS) is 11.0. The summed E-state index contributed by atoms with van der Waals surface area (Å²) in [6.45, 7) is 0.105. The van der Waals surface area contributed by atoms with Crippen LogP contribution in [0, 0.1) is 5.82 Å². The Bertz CT molecular complexity index is 2050. The third-order valence-electron chi connectivity index (χ3n) is 7.54. The number of carbonyl (C=O) groups is 3. The highest BCUT2D eigenvalue weighted by Crippen LogP contribution is 2.40. The van der Waals surface area contributed by atoms with E-state index in [0.717, 1.165) is 27.5 Å². The first kappa shape index (κ1) is 28.3. The summed E-state index contributed by atoms with van der Waals surface area (Å²) in [5.41, 5.74) is 18.1. The van der Waals surface area contributed by atoms with Crippen LogP contribution in [-0.4, -0.2) is 22.7 Å². The smallest absolute Gasteiger partial charge is 0.255 e. The quantitative estimate of drug-likeness (QED) is 0.147. The Hall–Kier alpha value is -5.80. The van der Waals surface area contributed by atoms with Crippen molar-refractivity contribution in [1.29, 1.82) is 0 Å². The molecule has 8 nitrogen and oxygen atoms in total. The van der Waals surface area contributed by atoms with Gasteiger partial charge in [0, 0.05) is 39.8 Å². The molecule has 0 aliphatic rings. The summed E-state index contributed by atoms with van der Waals surface area (Å²) >= 11 is 0. The number of nitrogens with two attached hydrogens (primary N) is 2. The average molecular weight is 586 g/mol. The van der Waals surface area contributed by atoms with E-state index < -0.39 is 17.6 Å². The van der Waals surface area contributed by atoms with Crippen molar-refractivity contribution in [3.8, 4) is 11.1 Å². The first-order valence-corrected chi connectivity index (χ1v) is 13.9. The van der Waals surface area contributed by atoms with Crippen LogP contribution in [0.2, 0.25) is 0 Å². The van der Waals surface area contributed by atoms with E-state index in [1.165, 1.54) is 24.3 Å². The number of aromatic amines is 1. The second kappa shape index (κ2) is 11.8. The van der Waals surface area contributed by atoms with Gasteiger partial charge in [-0.05, 0) is 70.8 Å². The highest BCUT2D eigenvalue weighted by atomic mass is 19.1. The number of benzene rings is 5. The number of nitrogens with one attached hydrogen (secondary N) is 3. The maximum Gasteiger partial charge on any atom is 0.255 e. The number of H-pyrrole nitrogens is 1. The molecule has 0 aliphatic heterocycles. The number of halogens is 1. The van der Waals surface area contributed by atoms with Crippen LogP contribution in [0.4, 0.5) is 15.8 Å². The highest BCUT2D eigenvalue weighted by Gasteiger charge is 2.20. The second-order valence-corrected chi connectivity index (χ2v) is 10.4. The van der Waals surface area contributed by atoms with Gasteiger partial charge in [0.05, 0.1) is 17.5 Å². The molecular formula is C35H28FN5O3. The van der Waals surface area contributed by atoms with Crippen molar-refractivity contribution in [2.45, 2.75) is 13.0 Å². The van der Waals surface area contributed by atoms with E-state index in [1.54, 1.807) is 18.2 Å². The lowest BCUT2D eigenvalue weighted by Gasteiger charge is -2.16. The Morgan fingerprint density at radius 3 is 2.30 bits per heavy atom. The molecule has 9 heteroatoms. The fourth-order valence-electron chi connectivity index (χ4n) is 5.48. The predicted octanol–water partition coefficient (Wildman–Crippen LogP) is 6.12. The number of anilines is 2. The molecule has 0 radical (unpaired) electrons. The molecule has 0 aliphatic carbocycles. The van der Waals surface area contributed by atoms with Crippen LogP contribution >= 0.6 is 0 Å². The van der Waals surface area contributed by atoms with E-state index in [9.17, 15) is 18.8 Å². The average Bonchev–Trinajstić information content (AvgIpc) is 3.40. The molecule has 0 unspecified atom stereocenters. The van der Waals surface area contributed by atoms with Gasteiger partial charge in [-0.2, -0.15) is 0 Å². The standard InChI is InChI=1S/C35H28FN5O3/c36-22-11-9-21(10-12-22)35(44)41-29-8-4-7-24(28(29)19-37)25-15-16-27(34(38)43)33-32(25)26-14-13-23(18-30(26)40-33)39-31(42)17-20-5-2-1-3-6-20/h1-16,18,40H,17,19,37H2,(H2,38,43)(H,39,42)(H,41,44). The SMILES string of the molecule is NCc1c(NC(=O)c2ccc(F)cc2)cccc1-c1ccc(C(N)=O)c2[nH]c3cc(NC(=O)Cc4ccccc4)ccc3c12. The van der Waals surface area contributed by atoms with Crippen LogP contribution in [0.5, 0.6) is 0 Å². The molecule has 0 spiro atoms. The molecular weight excluding hydrogens is 557 g/mol. The zero-order valence-electron chi connectivity index (χ0n) is 23.5. The van der Waals surface area contributed by atoms with Crippen molar-refractivity contribution in [3.63, 3.8) is 0 Å². The van der Waals surface area contributed by atoms with Gasteiger partial charge in [0.1, 0.15) is 5.82 Å². The van der Waals surface area contributed by atoms with Crippen LogP contribution in [0.25, 0.3) is 32.9 Å². The molecule has 7 N–H and O–H groups in total.